The zero-order chi connectivity index (χ0) is 20.3. The molecule has 0 aliphatic carbocycles. The molecule has 0 atom stereocenters. The lowest BCUT2D eigenvalue weighted by atomic mass is 10.1. The van der Waals surface area contributed by atoms with Crippen LogP contribution in [0.2, 0.25) is 0 Å². The molecule has 1 heterocycles. The number of amides is 1. The number of rotatable bonds is 6. The third kappa shape index (κ3) is 4.54. The summed E-state index contributed by atoms with van der Waals surface area (Å²) in [6, 6.07) is 11.8. The summed E-state index contributed by atoms with van der Waals surface area (Å²) in [4.78, 5) is 13.3. The number of ether oxygens (including phenoxy) is 2. The second-order valence-electron chi connectivity index (χ2n) is 6.99. The van der Waals surface area contributed by atoms with Gasteiger partial charge in [-0.1, -0.05) is 23.8 Å². The Balaban J connectivity index is 1.69. The maximum atomic E-state index is 12.6. The van der Waals surface area contributed by atoms with Crippen LogP contribution in [-0.2, 0) is 6.61 Å². The van der Waals surface area contributed by atoms with Gasteiger partial charge in [0.25, 0.3) is 5.91 Å². The highest BCUT2D eigenvalue weighted by Gasteiger charge is 2.13. The fourth-order valence-electron chi connectivity index (χ4n) is 3.22. The van der Waals surface area contributed by atoms with Crippen LogP contribution < -0.4 is 14.8 Å². The fourth-order valence-corrected chi connectivity index (χ4v) is 4.02. The van der Waals surface area contributed by atoms with Gasteiger partial charge in [-0.05, 0) is 68.0 Å². The van der Waals surface area contributed by atoms with Crippen molar-refractivity contribution in [2.45, 2.75) is 34.3 Å². The van der Waals surface area contributed by atoms with E-state index in [0.717, 1.165) is 28.0 Å². The van der Waals surface area contributed by atoms with Gasteiger partial charge in [-0.3, -0.25) is 4.79 Å². The van der Waals surface area contributed by atoms with Crippen LogP contribution in [0.15, 0.2) is 41.8 Å². The summed E-state index contributed by atoms with van der Waals surface area (Å²) in [5.41, 5.74) is 6.17. The molecule has 0 spiro atoms. The third-order valence-electron chi connectivity index (χ3n) is 4.47. The molecule has 146 valence electrons. The van der Waals surface area contributed by atoms with Crippen molar-refractivity contribution in [1.82, 2.24) is 0 Å². The summed E-state index contributed by atoms with van der Waals surface area (Å²) in [7, 11) is 1.59. The van der Waals surface area contributed by atoms with Crippen LogP contribution in [0.25, 0.3) is 0 Å². The average Bonchev–Trinajstić information content (AvgIpc) is 3.10. The summed E-state index contributed by atoms with van der Waals surface area (Å²) < 4.78 is 11.4. The molecular formula is C23H25NO3S. The first-order valence-electron chi connectivity index (χ1n) is 9.11. The lowest BCUT2D eigenvalue weighted by molar-refractivity contribution is 0.103. The van der Waals surface area contributed by atoms with E-state index in [-0.39, 0.29) is 5.91 Å². The molecule has 0 saturated carbocycles. The maximum Gasteiger partial charge on any atom is 0.265 e. The van der Waals surface area contributed by atoms with Gasteiger partial charge in [-0.15, -0.1) is 11.3 Å². The number of thiophene rings is 1. The molecule has 0 radical (unpaired) electrons. The maximum absolute atomic E-state index is 12.6. The first kappa shape index (κ1) is 20.0. The standard InChI is InChI=1S/C23H25NO3S/c1-14-6-7-20(26-5)19(10-14)24-23(25)21-11-18(13-28-21)12-27-22-16(3)8-15(2)9-17(22)4/h6-11,13H,12H2,1-5H3,(H,24,25). The van der Waals surface area contributed by atoms with E-state index in [0.29, 0.717) is 22.9 Å². The van der Waals surface area contributed by atoms with Gasteiger partial charge in [0.1, 0.15) is 18.1 Å². The first-order valence-corrected chi connectivity index (χ1v) is 9.99. The minimum absolute atomic E-state index is 0.150. The number of aryl methyl sites for hydroxylation is 4. The molecule has 0 unspecified atom stereocenters. The first-order chi connectivity index (χ1) is 13.4. The largest absolute Gasteiger partial charge is 0.495 e. The number of hydrogen-bond acceptors (Lipinski definition) is 4. The molecule has 0 bridgehead atoms. The van der Waals surface area contributed by atoms with Crippen LogP contribution in [0.4, 0.5) is 5.69 Å². The van der Waals surface area contributed by atoms with Crippen molar-refractivity contribution < 1.29 is 14.3 Å². The Morgan fingerprint density at radius 3 is 2.39 bits per heavy atom. The number of anilines is 1. The molecule has 0 aliphatic heterocycles. The molecule has 4 nitrogen and oxygen atoms in total. The molecule has 0 aliphatic rings. The van der Waals surface area contributed by atoms with Gasteiger partial charge in [0.2, 0.25) is 0 Å². The smallest absolute Gasteiger partial charge is 0.265 e. The Hall–Kier alpha value is -2.79. The highest BCUT2D eigenvalue weighted by Crippen LogP contribution is 2.28. The van der Waals surface area contributed by atoms with Crippen LogP contribution in [0.3, 0.4) is 0 Å². The summed E-state index contributed by atoms with van der Waals surface area (Å²) in [5.74, 6) is 1.40. The zero-order valence-electron chi connectivity index (χ0n) is 16.9. The molecule has 3 aromatic rings. The SMILES string of the molecule is COc1ccc(C)cc1NC(=O)c1cc(COc2c(C)cc(C)cc2C)cs1. The topological polar surface area (TPSA) is 47.6 Å². The van der Waals surface area contributed by atoms with E-state index in [1.807, 2.05) is 36.6 Å². The van der Waals surface area contributed by atoms with Crippen LogP contribution in [0.1, 0.15) is 37.5 Å². The van der Waals surface area contributed by atoms with Crippen molar-refractivity contribution in [3.8, 4) is 11.5 Å². The second kappa shape index (κ2) is 8.48. The number of carbonyl (C=O) groups is 1. The highest BCUT2D eigenvalue weighted by molar-refractivity contribution is 7.12. The summed E-state index contributed by atoms with van der Waals surface area (Å²) >= 11 is 1.41. The van der Waals surface area contributed by atoms with Gasteiger partial charge in [0, 0.05) is 5.56 Å². The third-order valence-corrected chi connectivity index (χ3v) is 5.45. The highest BCUT2D eigenvalue weighted by atomic mass is 32.1. The monoisotopic (exact) mass is 395 g/mol. The van der Waals surface area contributed by atoms with Gasteiger partial charge in [0.15, 0.2) is 0 Å². The van der Waals surface area contributed by atoms with Crippen LogP contribution in [-0.4, -0.2) is 13.0 Å². The van der Waals surface area contributed by atoms with E-state index < -0.39 is 0 Å². The molecule has 3 rings (SSSR count). The fraction of sp³-hybridized carbons (Fsp3) is 0.261. The predicted octanol–water partition coefficient (Wildman–Crippen LogP) is 5.82. The lowest BCUT2D eigenvalue weighted by Gasteiger charge is -2.12. The van der Waals surface area contributed by atoms with E-state index in [1.165, 1.54) is 16.9 Å². The van der Waals surface area contributed by atoms with Crippen molar-refractivity contribution in [2.24, 2.45) is 0 Å². The minimum Gasteiger partial charge on any atom is -0.495 e. The summed E-state index contributed by atoms with van der Waals surface area (Å²) in [5, 5.41) is 4.90. The number of hydrogen-bond donors (Lipinski definition) is 1. The Labute approximate surface area is 170 Å². The van der Waals surface area contributed by atoms with Gasteiger partial charge in [-0.2, -0.15) is 0 Å². The number of methoxy groups -OCH3 is 1. The molecule has 2 aromatic carbocycles. The molecule has 28 heavy (non-hydrogen) atoms. The van der Waals surface area contributed by atoms with Crippen LogP contribution in [0.5, 0.6) is 11.5 Å². The molecule has 0 saturated heterocycles. The van der Waals surface area contributed by atoms with E-state index in [2.05, 4.69) is 38.2 Å². The molecule has 0 fully saturated rings. The molecule has 1 amide bonds. The van der Waals surface area contributed by atoms with Gasteiger partial charge >= 0.3 is 0 Å². The van der Waals surface area contributed by atoms with Crippen molar-refractivity contribution in [3.05, 3.63) is 74.5 Å². The molecule has 1 N–H and O–H groups in total. The number of benzene rings is 2. The van der Waals surface area contributed by atoms with E-state index in [1.54, 1.807) is 7.11 Å². The van der Waals surface area contributed by atoms with Crippen LogP contribution in [0, 0.1) is 27.7 Å². The zero-order valence-corrected chi connectivity index (χ0v) is 17.7. The van der Waals surface area contributed by atoms with Crippen molar-refractivity contribution in [2.75, 3.05) is 12.4 Å². The molecule has 5 heteroatoms. The molecular weight excluding hydrogens is 370 g/mol. The Morgan fingerprint density at radius 2 is 1.71 bits per heavy atom. The number of carbonyl (C=O) groups excluding carboxylic acids is 1. The van der Waals surface area contributed by atoms with Crippen molar-refractivity contribution >= 4 is 22.9 Å². The summed E-state index contributed by atoms with van der Waals surface area (Å²) in [6.45, 7) is 8.60. The quantitative estimate of drug-likeness (QED) is 0.572. The van der Waals surface area contributed by atoms with Crippen molar-refractivity contribution in [1.29, 1.82) is 0 Å². The molecule has 1 aromatic heterocycles. The Kier molecular flexibility index (Phi) is 6.05. The van der Waals surface area contributed by atoms with E-state index >= 15 is 0 Å². The van der Waals surface area contributed by atoms with Gasteiger partial charge in [0.05, 0.1) is 17.7 Å². The second-order valence-corrected chi connectivity index (χ2v) is 7.90. The number of nitrogens with one attached hydrogen (secondary N) is 1. The van der Waals surface area contributed by atoms with Crippen molar-refractivity contribution in [3.63, 3.8) is 0 Å². The van der Waals surface area contributed by atoms with Crippen LogP contribution >= 0.6 is 11.3 Å². The Bertz CT molecular complexity index is 984. The van der Waals surface area contributed by atoms with Gasteiger partial charge < -0.3 is 14.8 Å². The minimum atomic E-state index is -0.150. The van der Waals surface area contributed by atoms with E-state index in [9.17, 15) is 4.79 Å². The normalized spacial score (nSPS) is 10.6. The Morgan fingerprint density at radius 1 is 1.00 bits per heavy atom. The summed E-state index contributed by atoms with van der Waals surface area (Å²) in [6.07, 6.45) is 0. The predicted molar refractivity (Wildman–Crippen MR) is 115 cm³/mol. The van der Waals surface area contributed by atoms with E-state index in [4.69, 9.17) is 9.47 Å². The lowest BCUT2D eigenvalue weighted by Crippen LogP contribution is -2.11. The average molecular weight is 396 g/mol. The van der Waals surface area contributed by atoms with Gasteiger partial charge in [-0.25, -0.2) is 0 Å².